The molecular weight excluding hydrogens is 324 g/mol. The summed E-state index contributed by atoms with van der Waals surface area (Å²) in [4.78, 5) is 0. The van der Waals surface area contributed by atoms with Gasteiger partial charge in [-0.05, 0) is 52.1 Å². The molecule has 0 aromatic carbocycles. The van der Waals surface area contributed by atoms with Crippen LogP contribution in [-0.4, -0.2) is 79.7 Å². The lowest BCUT2D eigenvalue weighted by Crippen LogP contribution is -2.56. The molecule has 1 aliphatic carbocycles. The van der Waals surface area contributed by atoms with Gasteiger partial charge >= 0.3 is 0 Å². The first-order valence-electron chi connectivity index (χ1n) is 9.54. The number of nitrogens with one attached hydrogen (secondary N) is 2. The quantitative estimate of drug-likeness (QED) is 0.297. The number of rotatable bonds is 9. The van der Waals surface area contributed by atoms with Crippen molar-refractivity contribution in [2.24, 2.45) is 11.5 Å². The van der Waals surface area contributed by atoms with Gasteiger partial charge in [0.25, 0.3) is 0 Å². The third-order valence-corrected chi connectivity index (χ3v) is 5.16. The Morgan fingerprint density at radius 1 is 1.32 bits per heavy atom. The van der Waals surface area contributed by atoms with Gasteiger partial charge in [0.2, 0.25) is 0 Å². The van der Waals surface area contributed by atoms with E-state index in [0.717, 1.165) is 25.7 Å². The molecule has 0 aromatic rings. The molecule has 5 unspecified atom stereocenters. The monoisotopic (exact) mass is 360 g/mol. The molecule has 2 fully saturated rings. The van der Waals surface area contributed by atoms with Gasteiger partial charge in [-0.2, -0.15) is 0 Å². The van der Waals surface area contributed by atoms with Crippen LogP contribution in [0.15, 0.2) is 0 Å². The van der Waals surface area contributed by atoms with E-state index in [1.54, 1.807) is 0 Å². The van der Waals surface area contributed by atoms with Crippen molar-refractivity contribution in [3.05, 3.63) is 0 Å². The maximum Gasteiger partial charge on any atom is 0.158 e. The maximum absolute atomic E-state index is 10.3. The molecule has 2 rings (SSSR count). The van der Waals surface area contributed by atoms with E-state index >= 15 is 0 Å². The molecule has 2 aliphatic rings. The molecule has 0 bridgehead atoms. The minimum Gasteiger partial charge on any atom is -0.392 e. The van der Waals surface area contributed by atoms with Gasteiger partial charge in [-0.3, -0.25) is 0 Å². The van der Waals surface area contributed by atoms with Crippen LogP contribution < -0.4 is 22.1 Å². The number of aliphatic hydroxyl groups is 2. The SMILES string of the molecule is CNC1CC(N)[C@@H](O[C@@H]2CCCC(CNCC(O)CCN)O2)C(O)C1. The molecule has 1 saturated carbocycles. The van der Waals surface area contributed by atoms with Crippen molar-refractivity contribution in [1.82, 2.24) is 10.6 Å². The third-order valence-electron chi connectivity index (χ3n) is 5.16. The van der Waals surface area contributed by atoms with Gasteiger partial charge in [-0.25, -0.2) is 0 Å². The van der Waals surface area contributed by atoms with Crippen LogP contribution in [0.1, 0.15) is 38.5 Å². The van der Waals surface area contributed by atoms with Gasteiger partial charge < -0.3 is 41.8 Å². The highest BCUT2D eigenvalue weighted by Crippen LogP contribution is 2.26. The van der Waals surface area contributed by atoms with E-state index in [0.29, 0.717) is 32.5 Å². The Morgan fingerprint density at radius 2 is 2.12 bits per heavy atom. The predicted molar refractivity (Wildman–Crippen MR) is 96.0 cm³/mol. The van der Waals surface area contributed by atoms with Gasteiger partial charge in [0, 0.05) is 25.2 Å². The number of ether oxygens (including phenoxy) is 2. The Morgan fingerprint density at radius 3 is 2.80 bits per heavy atom. The molecular formula is C17H36N4O4. The maximum atomic E-state index is 10.3. The van der Waals surface area contributed by atoms with Crippen LogP contribution in [0.3, 0.4) is 0 Å². The van der Waals surface area contributed by atoms with Gasteiger partial charge in [0.15, 0.2) is 6.29 Å². The summed E-state index contributed by atoms with van der Waals surface area (Å²) in [5.74, 6) is 0. The summed E-state index contributed by atoms with van der Waals surface area (Å²) >= 11 is 0. The van der Waals surface area contributed by atoms with Crippen LogP contribution >= 0.6 is 0 Å². The number of nitrogens with two attached hydrogens (primary N) is 2. The summed E-state index contributed by atoms with van der Waals surface area (Å²) in [6.07, 6.45) is 3.16. The van der Waals surface area contributed by atoms with Crippen molar-refractivity contribution >= 4 is 0 Å². The number of aliphatic hydroxyl groups excluding tert-OH is 2. The van der Waals surface area contributed by atoms with E-state index in [4.69, 9.17) is 20.9 Å². The zero-order valence-corrected chi connectivity index (χ0v) is 15.3. The lowest BCUT2D eigenvalue weighted by atomic mass is 9.86. The number of hydrogen-bond acceptors (Lipinski definition) is 8. The van der Waals surface area contributed by atoms with Crippen LogP contribution in [0, 0.1) is 0 Å². The second kappa shape index (κ2) is 10.7. The van der Waals surface area contributed by atoms with E-state index in [1.165, 1.54) is 0 Å². The van der Waals surface area contributed by atoms with Crippen LogP contribution in [0.4, 0.5) is 0 Å². The van der Waals surface area contributed by atoms with Crippen molar-refractivity contribution in [3.8, 4) is 0 Å². The smallest absolute Gasteiger partial charge is 0.158 e. The van der Waals surface area contributed by atoms with E-state index in [1.807, 2.05) is 7.05 Å². The van der Waals surface area contributed by atoms with Crippen molar-refractivity contribution in [3.63, 3.8) is 0 Å². The first kappa shape index (κ1) is 21.0. The third kappa shape index (κ3) is 6.73. The molecule has 7 atom stereocenters. The van der Waals surface area contributed by atoms with Gasteiger partial charge in [-0.15, -0.1) is 0 Å². The minimum absolute atomic E-state index is 0.0471. The van der Waals surface area contributed by atoms with Crippen LogP contribution in [0.5, 0.6) is 0 Å². The fraction of sp³-hybridized carbons (Fsp3) is 1.00. The van der Waals surface area contributed by atoms with Gasteiger partial charge in [0.05, 0.1) is 18.3 Å². The Labute approximate surface area is 150 Å². The van der Waals surface area contributed by atoms with E-state index < -0.39 is 12.2 Å². The molecule has 0 radical (unpaired) electrons. The summed E-state index contributed by atoms with van der Waals surface area (Å²) in [6.45, 7) is 1.67. The zero-order chi connectivity index (χ0) is 18.2. The molecule has 1 saturated heterocycles. The second-order valence-corrected chi connectivity index (χ2v) is 7.30. The molecule has 0 amide bonds. The Bertz CT molecular complexity index is 365. The van der Waals surface area contributed by atoms with Gasteiger partial charge in [-0.1, -0.05) is 0 Å². The zero-order valence-electron chi connectivity index (χ0n) is 15.3. The molecule has 8 nitrogen and oxygen atoms in total. The first-order valence-corrected chi connectivity index (χ1v) is 9.54. The highest BCUT2D eigenvalue weighted by Gasteiger charge is 2.38. The van der Waals surface area contributed by atoms with Crippen LogP contribution in [0.25, 0.3) is 0 Å². The molecule has 1 heterocycles. The summed E-state index contributed by atoms with van der Waals surface area (Å²) in [5, 5.41) is 26.4. The van der Waals surface area contributed by atoms with Crippen molar-refractivity contribution in [2.45, 2.75) is 81.3 Å². The standard InChI is InChI=1S/C17H36N4O4/c1-20-11-7-14(19)17(15(23)8-11)25-16-4-2-3-13(24-16)10-21-9-12(22)5-6-18/h11-17,20-23H,2-10,18-19H2,1H3/t11?,12?,13?,14?,15?,16-,17-/m1/s1. The average Bonchev–Trinajstić information content (AvgIpc) is 2.58. The highest BCUT2D eigenvalue weighted by atomic mass is 16.7. The molecule has 8 heteroatoms. The first-order chi connectivity index (χ1) is 12.0. The predicted octanol–water partition coefficient (Wildman–Crippen LogP) is -1.36. The van der Waals surface area contributed by atoms with E-state index in [-0.39, 0.29) is 30.6 Å². The van der Waals surface area contributed by atoms with E-state index in [2.05, 4.69) is 10.6 Å². The molecule has 148 valence electrons. The molecule has 1 aliphatic heterocycles. The lowest BCUT2D eigenvalue weighted by molar-refractivity contribution is -0.237. The minimum atomic E-state index is -0.574. The van der Waals surface area contributed by atoms with Crippen molar-refractivity contribution in [2.75, 3.05) is 26.7 Å². The summed E-state index contributed by atoms with van der Waals surface area (Å²) < 4.78 is 12.0. The summed E-state index contributed by atoms with van der Waals surface area (Å²) in [7, 11) is 1.89. The topological polar surface area (TPSA) is 135 Å². The summed E-state index contributed by atoms with van der Waals surface area (Å²) in [5.41, 5.74) is 11.6. The van der Waals surface area contributed by atoms with Crippen LogP contribution in [0.2, 0.25) is 0 Å². The fourth-order valence-corrected chi connectivity index (χ4v) is 3.69. The molecule has 8 N–H and O–H groups in total. The number of hydrogen-bond donors (Lipinski definition) is 6. The average molecular weight is 360 g/mol. The van der Waals surface area contributed by atoms with Crippen molar-refractivity contribution < 1.29 is 19.7 Å². The summed E-state index contributed by atoms with van der Waals surface area (Å²) in [6, 6.07) is 0.0312. The highest BCUT2D eigenvalue weighted by molar-refractivity contribution is 4.92. The van der Waals surface area contributed by atoms with Crippen molar-refractivity contribution in [1.29, 1.82) is 0 Å². The van der Waals surface area contributed by atoms with Gasteiger partial charge in [0.1, 0.15) is 6.10 Å². The molecule has 0 aromatic heterocycles. The largest absolute Gasteiger partial charge is 0.392 e. The van der Waals surface area contributed by atoms with Crippen LogP contribution in [-0.2, 0) is 9.47 Å². The fourth-order valence-electron chi connectivity index (χ4n) is 3.69. The van der Waals surface area contributed by atoms with E-state index in [9.17, 15) is 10.2 Å². The normalized spacial score (nSPS) is 37.8. The molecule has 0 spiro atoms. The molecule has 25 heavy (non-hydrogen) atoms. The Hall–Kier alpha value is -0.320. The second-order valence-electron chi connectivity index (χ2n) is 7.30. The Kier molecular flexibility index (Phi) is 9.01. The Balaban J connectivity index is 1.73. The lowest BCUT2D eigenvalue weighted by Gasteiger charge is -2.40.